The van der Waals surface area contributed by atoms with Crippen LogP contribution in [0.4, 0.5) is 0 Å². The average Bonchev–Trinajstić information content (AvgIpc) is 2.70. The molecule has 4 nitrogen and oxygen atoms in total. The normalized spacial score (nSPS) is 18.6. The van der Waals surface area contributed by atoms with Crippen LogP contribution < -0.4 is 8.85 Å². The standard InChI is InChI=1S/C31H54O4Si3/c1-14-15-16-17-24-21-27(33-36(5,6)7)29(26-20-23(4)18-19-25(26)22(2)3)30(34-37(8,9)10)28(24)31(32)35-38(11,12)13/h20-21,25-26H,2,14-19H2,1,3-13H3/t25-,26+/m0/s1. The first-order valence-corrected chi connectivity index (χ1v) is 24.7. The predicted octanol–water partition coefficient (Wildman–Crippen LogP) is 9.85. The molecule has 0 bridgehead atoms. The lowest BCUT2D eigenvalue weighted by molar-refractivity contribution is 0.0721. The van der Waals surface area contributed by atoms with Gasteiger partial charge >= 0.3 is 5.97 Å². The van der Waals surface area contributed by atoms with Crippen molar-refractivity contribution in [3.63, 3.8) is 0 Å². The van der Waals surface area contributed by atoms with Crippen molar-refractivity contribution in [2.24, 2.45) is 5.92 Å². The van der Waals surface area contributed by atoms with Gasteiger partial charge in [-0.05, 0) is 116 Å². The number of hydrogen-bond acceptors (Lipinski definition) is 4. The molecule has 0 amide bonds. The number of hydrogen-bond donors (Lipinski definition) is 0. The minimum absolute atomic E-state index is 0.0436. The number of aryl methyl sites for hydroxylation is 1. The summed E-state index contributed by atoms with van der Waals surface area (Å²) in [6.07, 6.45) is 8.51. The molecule has 2 rings (SSSR count). The Morgan fingerprint density at radius 1 is 0.974 bits per heavy atom. The smallest absolute Gasteiger partial charge is 0.328 e. The van der Waals surface area contributed by atoms with Gasteiger partial charge in [-0.25, -0.2) is 4.79 Å². The third-order valence-corrected chi connectivity index (χ3v) is 9.00. The highest BCUT2D eigenvalue weighted by Gasteiger charge is 2.38. The number of unbranched alkanes of at least 4 members (excludes halogenated alkanes) is 2. The van der Waals surface area contributed by atoms with Crippen molar-refractivity contribution in [1.29, 1.82) is 0 Å². The van der Waals surface area contributed by atoms with Gasteiger partial charge in [-0.15, -0.1) is 0 Å². The van der Waals surface area contributed by atoms with Gasteiger partial charge in [-0.1, -0.05) is 43.6 Å². The van der Waals surface area contributed by atoms with Crippen LogP contribution in [0, 0.1) is 5.92 Å². The van der Waals surface area contributed by atoms with Gasteiger partial charge in [0.05, 0.1) is 0 Å². The quantitative estimate of drug-likeness (QED) is 0.142. The summed E-state index contributed by atoms with van der Waals surface area (Å²) < 4.78 is 20.0. The zero-order chi connectivity index (χ0) is 29.1. The van der Waals surface area contributed by atoms with Gasteiger partial charge in [0.25, 0.3) is 0 Å². The fraction of sp³-hybridized carbons (Fsp3) is 0.645. The highest BCUT2D eigenvalue weighted by molar-refractivity contribution is 6.72. The molecule has 0 heterocycles. The second-order valence-electron chi connectivity index (χ2n) is 14.1. The Bertz CT molecular complexity index is 1040. The summed E-state index contributed by atoms with van der Waals surface area (Å²) in [6, 6.07) is 2.16. The van der Waals surface area contributed by atoms with E-state index in [1.807, 2.05) is 0 Å². The molecule has 7 heteroatoms. The zero-order valence-corrected chi connectivity index (χ0v) is 29.4. The molecule has 0 spiro atoms. The number of benzene rings is 1. The van der Waals surface area contributed by atoms with E-state index in [1.165, 1.54) is 5.57 Å². The number of carbonyl (C=O) groups is 1. The largest absolute Gasteiger partial charge is 0.544 e. The summed E-state index contributed by atoms with van der Waals surface area (Å²) in [5, 5.41) is 0. The van der Waals surface area contributed by atoms with Gasteiger partial charge in [-0.2, -0.15) is 0 Å². The van der Waals surface area contributed by atoms with E-state index in [2.05, 4.69) is 98.4 Å². The maximum atomic E-state index is 14.0. The first kappa shape index (κ1) is 32.6. The Labute approximate surface area is 236 Å². The van der Waals surface area contributed by atoms with Gasteiger partial charge in [-0.3, -0.25) is 0 Å². The molecule has 1 aromatic rings. The van der Waals surface area contributed by atoms with Crippen LogP contribution in [-0.4, -0.2) is 30.9 Å². The molecule has 0 saturated carbocycles. The van der Waals surface area contributed by atoms with Crippen molar-refractivity contribution in [2.45, 2.75) is 124 Å². The van der Waals surface area contributed by atoms with Crippen LogP contribution in [0.25, 0.3) is 0 Å². The van der Waals surface area contributed by atoms with Crippen LogP contribution in [0.15, 0.2) is 29.9 Å². The first-order valence-electron chi connectivity index (χ1n) is 14.5. The van der Waals surface area contributed by atoms with E-state index in [4.69, 9.17) is 13.3 Å². The van der Waals surface area contributed by atoms with Crippen molar-refractivity contribution in [3.8, 4) is 11.5 Å². The third kappa shape index (κ3) is 9.56. The molecule has 1 aliphatic rings. The molecule has 38 heavy (non-hydrogen) atoms. The Morgan fingerprint density at radius 2 is 1.58 bits per heavy atom. The van der Waals surface area contributed by atoms with Crippen molar-refractivity contribution in [3.05, 3.63) is 46.6 Å². The number of allylic oxidation sites excluding steroid dienone is 3. The van der Waals surface area contributed by atoms with E-state index in [0.717, 1.165) is 61.0 Å². The maximum absolute atomic E-state index is 14.0. The fourth-order valence-corrected chi connectivity index (χ4v) is 7.38. The van der Waals surface area contributed by atoms with Crippen molar-refractivity contribution in [2.75, 3.05) is 0 Å². The maximum Gasteiger partial charge on any atom is 0.328 e. The van der Waals surface area contributed by atoms with Crippen LogP contribution in [0.1, 0.15) is 80.3 Å². The Kier molecular flexibility index (Phi) is 10.9. The molecular formula is C31H54O4Si3. The lowest BCUT2D eigenvalue weighted by atomic mass is 9.73. The molecule has 214 valence electrons. The van der Waals surface area contributed by atoms with Crippen LogP contribution in [-0.2, 0) is 10.8 Å². The van der Waals surface area contributed by atoms with E-state index in [-0.39, 0.29) is 17.8 Å². The van der Waals surface area contributed by atoms with Crippen molar-refractivity contribution >= 4 is 30.9 Å². The molecule has 0 aromatic heterocycles. The lowest BCUT2D eigenvalue weighted by Gasteiger charge is -2.36. The molecule has 1 aliphatic carbocycles. The summed E-state index contributed by atoms with van der Waals surface area (Å²) in [6.45, 7) is 30.3. The topological polar surface area (TPSA) is 44.8 Å². The minimum Gasteiger partial charge on any atom is -0.544 e. The van der Waals surface area contributed by atoms with Crippen LogP contribution in [0.5, 0.6) is 11.5 Å². The minimum atomic E-state index is -2.14. The summed E-state index contributed by atoms with van der Waals surface area (Å²) in [4.78, 5) is 14.0. The molecule has 0 aliphatic heterocycles. The first-order chi connectivity index (χ1) is 17.3. The highest BCUT2D eigenvalue weighted by Crippen LogP contribution is 2.50. The molecule has 0 saturated heterocycles. The second-order valence-corrected chi connectivity index (χ2v) is 27.4. The van der Waals surface area contributed by atoms with E-state index < -0.39 is 25.0 Å². The van der Waals surface area contributed by atoms with E-state index in [9.17, 15) is 4.79 Å². The zero-order valence-electron chi connectivity index (χ0n) is 26.4. The average molecular weight is 575 g/mol. The molecule has 1 aromatic carbocycles. The molecule has 0 radical (unpaired) electrons. The molecule has 0 unspecified atom stereocenters. The van der Waals surface area contributed by atoms with Gasteiger partial charge in [0, 0.05) is 11.5 Å². The molecular weight excluding hydrogens is 521 g/mol. The van der Waals surface area contributed by atoms with Crippen LogP contribution >= 0.6 is 0 Å². The Balaban J connectivity index is 3.03. The van der Waals surface area contributed by atoms with Gasteiger partial charge in [0.1, 0.15) is 17.1 Å². The molecule has 0 N–H and O–H groups in total. The highest BCUT2D eigenvalue weighted by atomic mass is 28.4. The number of carbonyl (C=O) groups excluding carboxylic acids is 1. The lowest BCUT2D eigenvalue weighted by Crippen LogP contribution is -2.35. The van der Waals surface area contributed by atoms with E-state index >= 15 is 0 Å². The summed E-state index contributed by atoms with van der Waals surface area (Å²) in [5.74, 6) is 1.65. The molecule has 2 atom stereocenters. The Morgan fingerprint density at radius 3 is 2.08 bits per heavy atom. The third-order valence-electron chi connectivity index (χ3n) is 6.55. The van der Waals surface area contributed by atoms with Crippen LogP contribution in [0.3, 0.4) is 0 Å². The van der Waals surface area contributed by atoms with Crippen molar-refractivity contribution in [1.82, 2.24) is 0 Å². The van der Waals surface area contributed by atoms with E-state index in [0.29, 0.717) is 11.3 Å². The predicted molar refractivity (Wildman–Crippen MR) is 170 cm³/mol. The fourth-order valence-electron chi connectivity index (χ4n) is 5.06. The molecule has 0 fully saturated rings. The van der Waals surface area contributed by atoms with Gasteiger partial charge in [0.2, 0.25) is 25.0 Å². The van der Waals surface area contributed by atoms with Gasteiger partial charge in [0.15, 0.2) is 0 Å². The SMILES string of the molecule is C=C(C)[C@@H]1CCC(C)=C[C@H]1c1c(O[Si](C)(C)C)cc(CCCCC)c(C(=O)O[Si](C)(C)C)c1O[Si](C)(C)C. The summed E-state index contributed by atoms with van der Waals surface area (Å²) >= 11 is 0. The van der Waals surface area contributed by atoms with E-state index in [1.54, 1.807) is 0 Å². The van der Waals surface area contributed by atoms with Gasteiger partial charge < -0.3 is 13.3 Å². The Hall–Kier alpha value is -1.58. The van der Waals surface area contributed by atoms with Crippen molar-refractivity contribution < 1.29 is 18.1 Å². The summed E-state index contributed by atoms with van der Waals surface area (Å²) in [5.41, 5.74) is 5.17. The number of rotatable bonds is 12. The monoisotopic (exact) mass is 574 g/mol. The summed E-state index contributed by atoms with van der Waals surface area (Å²) in [7, 11) is -6.24. The second kappa shape index (κ2) is 12.7. The van der Waals surface area contributed by atoms with Crippen LogP contribution in [0.2, 0.25) is 58.9 Å².